The number of nitrogens with zero attached hydrogens (tertiary/aromatic N) is 4. The predicted molar refractivity (Wildman–Crippen MR) is 123 cm³/mol. The molecule has 5 rings (SSSR count). The SMILES string of the molecule is Nc1nc2c(c(N3CCC(CCN4CCCC4)CC3)n1)CCCC2c1ccccc1. The lowest BCUT2D eigenvalue weighted by molar-refractivity contribution is 0.280. The molecular weight excluding hydrogens is 370 g/mol. The number of nitrogen functional groups attached to an aromatic ring is 1. The molecule has 2 aromatic rings. The molecule has 1 aromatic carbocycles. The van der Waals surface area contributed by atoms with Crippen molar-refractivity contribution >= 4 is 11.8 Å². The van der Waals surface area contributed by atoms with Gasteiger partial charge in [0.2, 0.25) is 5.95 Å². The molecule has 0 amide bonds. The highest BCUT2D eigenvalue weighted by Crippen LogP contribution is 2.40. The lowest BCUT2D eigenvalue weighted by Gasteiger charge is -2.36. The molecule has 1 atom stereocenters. The highest BCUT2D eigenvalue weighted by molar-refractivity contribution is 5.55. The fraction of sp³-hybridized carbons (Fsp3) is 0.600. The Morgan fingerprint density at radius 2 is 1.67 bits per heavy atom. The molecule has 3 heterocycles. The predicted octanol–water partition coefficient (Wildman–Crippen LogP) is 4.23. The third kappa shape index (κ3) is 4.18. The van der Waals surface area contributed by atoms with Crippen LogP contribution in [0.1, 0.15) is 67.7 Å². The van der Waals surface area contributed by atoms with E-state index in [2.05, 4.69) is 40.1 Å². The molecule has 1 aromatic heterocycles. The lowest BCUT2D eigenvalue weighted by atomic mass is 9.82. The van der Waals surface area contributed by atoms with Crippen LogP contribution in [0.5, 0.6) is 0 Å². The summed E-state index contributed by atoms with van der Waals surface area (Å²) >= 11 is 0. The maximum absolute atomic E-state index is 6.22. The van der Waals surface area contributed by atoms with Crippen LogP contribution in [-0.4, -0.2) is 47.6 Å². The van der Waals surface area contributed by atoms with Crippen molar-refractivity contribution in [2.75, 3.05) is 43.4 Å². The van der Waals surface area contributed by atoms with Crippen LogP contribution in [0.3, 0.4) is 0 Å². The van der Waals surface area contributed by atoms with Crippen molar-refractivity contribution in [1.82, 2.24) is 14.9 Å². The highest BCUT2D eigenvalue weighted by Gasteiger charge is 2.30. The van der Waals surface area contributed by atoms with Gasteiger partial charge in [0.1, 0.15) is 5.82 Å². The average molecular weight is 406 g/mol. The molecule has 3 aliphatic rings. The molecule has 1 unspecified atom stereocenters. The second-order valence-electron chi connectivity index (χ2n) is 9.39. The zero-order valence-corrected chi connectivity index (χ0v) is 18.1. The molecule has 0 radical (unpaired) electrons. The Hall–Kier alpha value is -2.14. The van der Waals surface area contributed by atoms with Gasteiger partial charge in [0, 0.05) is 24.6 Å². The van der Waals surface area contributed by atoms with E-state index in [1.807, 2.05) is 0 Å². The average Bonchev–Trinajstić information content (AvgIpc) is 3.31. The summed E-state index contributed by atoms with van der Waals surface area (Å²) in [5.74, 6) is 2.75. The Labute approximate surface area is 180 Å². The standard InChI is InChI=1S/C25H35N5/c26-25-27-23-21(20-7-2-1-3-8-20)9-6-10-22(23)24(28-25)30-17-12-19(13-18-30)11-16-29-14-4-5-15-29/h1-3,7-8,19,21H,4-6,9-18H2,(H2,26,27,28). The normalized spacial score (nSPS) is 22.9. The van der Waals surface area contributed by atoms with Crippen LogP contribution in [-0.2, 0) is 6.42 Å². The molecule has 1 aliphatic carbocycles. The van der Waals surface area contributed by atoms with E-state index in [0.717, 1.165) is 37.7 Å². The fourth-order valence-corrected chi connectivity index (χ4v) is 5.73. The Balaban J connectivity index is 1.30. The molecule has 2 aliphatic heterocycles. The first-order chi connectivity index (χ1) is 14.8. The van der Waals surface area contributed by atoms with E-state index in [-0.39, 0.29) is 0 Å². The third-order valence-electron chi connectivity index (χ3n) is 7.45. The summed E-state index contributed by atoms with van der Waals surface area (Å²) in [6.45, 7) is 6.12. The van der Waals surface area contributed by atoms with Gasteiger partial charge in [-0.2, -0.15) is 4.98 Å². The second-order valence-corrected chi connectivity index (χ2v) is 9.39. The van der Waals surface area contributed by atoms with Gasteiger partial charge in [-0.1, -0.05) is 30.3 Å². The Bertz CT molecular complexity index is 838. The van der Waals surface area contributed by atoms with Gasteiger partial charge in [-0.3, -0.25) is 0 Å². The molecule has 160 valence electrons. The topological polar surface area (TPSA) is 58.3 Å². The van der Waals surface area contributed by atoms with Crippen molar-refractivity contribution in [1.29, 1.82) is 0 Å². The van der Waals surface area contributed by atoms with Crippen molar-refractivity contribution in [3.8, 4) is 0 Å². The zero-order valence-electron chi connectivity index (χ0n) is 18.1. The van der Waals surface area contributed by atoms with E-state index >= 15 is 0 Å². The molecule has 2 N–H and O–H groups in total. The summed E-state index contributed by atoms with van der Waals surface area (Å²) in [5, 5.41) is 0. The van der Waals surface area contributed by atoms with Crippen LogP contribution < -0.4 is 10.6 Å². The van der Waals surface area contributed by atoms with Crippen molar-refractivity contribution in [3.63, 3.8) is 0 Å². The number of benzene rings is 1. The maximum atomic E-state index is 6.22. The number of aromatic nitrogens is 2. The Morgan fingerprint density at radius 1 is 0.900 bits per heavy atom. The highest BCUT2D eigenvalue weighted by atomic mass is 15.2. The van der Waals surface area contributed by atoms with E-state index in [1.54, 1.807) is 0 Å². The van der Waals surface area contributed by atoms with E-state index in [0.29, 0.717) is 11.9 Å². The van der Waals surface area contributed by atoms with E-state index in [1.165, 1.54) is 75.0 Å². The quantitative estimate of drug-likeness (QED) is 0.807. The molecule has 2 fully saturated rings. The minimum atomic E-state index is 0.344. The van der Waals surface area contributed by atoms with E-state index in [9.17, 15) is 0 Å². The van der Waals surface area contributed by atoms with Gasteiger partial charge in [0.15, 0.2) is 0 Å². The molecule has 5 nitrogen and oxygen atoms in total. The van der Waals surface area contributed by atoms with Gasteiger partial charge < -0.3 is 15.5 Å². The van der Waals surface area contributed by atoms with Crippen LogP contribution in [0.2, 0.25) is 0 Å². The van der Waals surface area contributed by atoms with Crippen LogP contribution in [0, 0.1) is 5.92 Å². The zero-order chi connectivity index (χ0) is 20.3. The first-order valence-corrected chi connectivity index (χ1v) is 12.0. The maximum Gasteiger partial charge on any atom is 0.222 e. The number of hydrogen-bond acceptors (Lipinski definition) is 5. The fourth-order valence-electron chi connectivity index (χ4n) is 5.73. The second kappa shape index (κ2) is 8.93. The minimum Gasteiger partial charge on any atom is -0.368 e. The number of piperidine rings is 1. The van der Waals surface area contributed by atoms with Crippen LogP contribution in [0.4, 0.5) is 11.8 Å². The summed E-state index contributed by atoms with van der Waals surface area (Å²) < 4.78 is 0. The molecule has 0 spiro atoms. The van der Waals surface area contributed by atoms with E-state index < -0.39 is 0 Å². The van der Waals surface area contributed by atoms with Crippen LogP contribution in [0.25, 0.3) is 0 Å². The number of likely N-dealkylation sites (tertiary alicyclic amines) is 1. The molecule has 0 saturated carbocycles. The Kier molecular flexibility index (Phi) is 5.89. The monoisotopic (exact) mass is 405 g/mol. The van der Waals surface area contributed by atoms with Gasteiger partial charge in [-0.05, 0) is 82.5 Å². The van der Waals surface area contributed by atoms with Gasteiger partial charge in [0.25, 0.3) is 0 Å². The summed E-state index contributed by atoms with van der Waals surface area (Å²) in [6.07, 6.45) is 10.1. The summed E-state index contributed by atoms with van der Waals surface area (Å²) in [5.41, 5.74) is 10.1. The van der Waals surface area contributed by atoms with Gasteiger partial charge in [-0.25, -0.2) is 4.98 Å². The molecule has 5 heteroatoms. The number of rotatable bonds is 5. The molecule has 2 saturated heterocycles. The van der Waals surface area contributed by atoms with Crippen molar-refractivity contribution in [2.45, 2.75) is 57.3 Å². The summed E-state index contributed by atoms with van der Waals surface area (Å²) in [4.78, 5) is 14.7. The summed E-state index contributed by atoms with van der Waals surface area (Å²) in [6, 6.07) is 10.8. The third-order valence-corrected chi connectivity index (χ3v) is 7.45. The first-order valence-electron chi connectivity index (χ1n) is 12.0. The van der Waals surface area contributed by atoms with Crippen LogP contribution >= 0.6 is 0 Å². The van der Waals surface area contributed by atoms with Gasteiger partial charge in [0.05, 0.1) is 5.69 Å². The first kappa shape index (κ1) is 19.8. The molecule has 30 heavy (non-hydrogen) atoms. The van der Waals surface area contributed by atoms with Crippen molar-refractivity contribution < 1.29 is 0 Å². The van der Waals surface area contributed by atoms with Crippen LogP contribution in [0.15, 0.2) is 30.3 Å². The number of hydrogen-bond donors (Lipinski definition) is 1. The number of nitrogens with two attached hydrogens (primary N) is 1. The number of fused-ring (bicyclic) bond motifs is 1. The van der Waals surface area contributed by atoms with E-state index in [4.69, 9.17) is 15.7 Å². The van der Waals surface area contributed by atoms with Crippen molar-refractivity contribution in [3.05, 3.63) is 47.2 Å². The molecule has 0 bridgehead atoms. The largest absolute Gasteiger partial charge is 0.368 e. The Morgan fingerprint density at radius 3 is 2.43 bits per heavy atom. The van der Waals surface area contributed by atoms with Crippen molar-refractivity contribution in [2.24, 2.45) is 5.92 Å². The lowest BCUT2D eigenvalue weighted by Crippen LogP contribution is -2.37. The minimum absolute atomic E-state index is 0.344. The number of anilines is 2. The smallest absolute Gasteiger partial charge is 0.222 e. The molecular formula is C25H35N5. The van der Waals surface area contributed by atoms with Gasteiger partial charge in [-0.15, -0.1) is 0 Å². The van der Waals surface area contributed by atoms with Gasteiger partial charge >= 0.3 is 0 Å². The summed E-state index contributed by atoms with van der Waals surface area (Å²) in [7, 11) is 0.